The number of nitrogens with two attached hydrogens (primary N) is 1. The maximum absolute atomic E-state index is 12.8. The first-order valence-electron chi connectivity index (χ1n) is 13.2. The Morgan fingerprint density at radius 1 is 1.08 bits per heavy atom. The predicted molar refractivity (Wildman–Crippen MR) is 145 cm³/mol. The number of aromatic nitrogens is 3. The minimum Gasteiger partial charge on any atom is -0.483 e. The van der Waals surface area contributed by atoms with Crippen LogP contribution in [0.5, 0.6) is 0 Å². The van der Waals surface area contributed by atoms with Crippen molar-refractivity contribution in [1.29, 1.82) is 5.41 Å². The largest absolute Gasteiger partial charge is 0.483 e. The first-order valence-corrected chi connectivity index (χ1v) is 13.2. The average molecular weight is 543 g/mol. The van der Waals surface area contributed by atoms with Crippen LogP contribution in [0.25, 0.3) is 11.3 Å². The zero-order valence-corrected chi connectivity index (χ0v) is 22.0. The van der Waals surface area contributed by atoms with Gasteiger partial charge in [0.15, 0.2) is 0 Å². The number of piperidine rings is 4. The summed E-state index contributed by atoms with van der Waals surface area (Å²) >= 11 is 0. The van der Waals surface area contributed by atoms with Gasteiger partial charge >= 0.3 is 0 Å². The standard InChI is InChI=1S/C24H34N8O.2CH2O2/c25-20-14-18(22-16-32(29-28-22)13-12-30-8-2-1-3-9-30)4-5-19(20)23(26)24(33)27-21-15-31-10-6-17(21)7-11-31;2*2-1-3/h4-5,14,16-17,21,26H,1-3,6-13,15,25H2,(H,27,33);2*1H,(H,2,3)/t21-;;/m0../s1. The number of carbonyl (C=O) groups is 3. The number of carboxylic acid groups (broad SMARTS) is 2. The Kier molecular flexibility index (Phi) is 11.4. The van der Waals surface area contributed by atoms with E-state index in [2.05, 4.69) is 25.4 Å². The van der Waals surface area contributed by atoms with Crippen LogP contribution in [0.4, 0.5) is 5.69 Å². The summed E-state index contributed by atoms with van der Waals surface area (Å²) in [6.07, 6.45) is 8.06. The highest BCUT2D eigenvalue weighted by Gasteiger charge is 2.35. The Hall–Kier alpha value is -3.84. The third kappa shape index (κ3) is 8.32. The molecule has 6 rings (SSSR count). The molecule has 0 saturated carbocycles. The molecule has 212 valence electrons. The molecule has 13 nitrogen and oxygen atoms in total. The Bertz CT molecular complexity index is 1100. The number of nitrogens with one attached hydrogen (secondary N) is 2. The summed E-state index contributed by atoms with van der Waals surface area (Å²) in [5.41, 5.74) is 8.63. The van der Waals surface area contributed by atoms with Crippen LogP contribution in [0.3, 0.4) is 0 Å². The van der Waals surface area contributed by atoms with E-state index >= 15 is 0 Å². The summed E-state index contributed by atoms with van der Waals surface area (Å²) in [4.78, 5) is 34.3. The molecule has 1 aromatic heterocycles. The number of anilines is 1. The average Bonchev–Trinajstić information content (AvgIpc) is 3.43. The van der Waals surface area contributed by atoms with Crippen molar-refractivity contribution in [3.63, 3.8) is 0 Å². The van der Waals surface area contributed by atoms with Crippen LogP contribution in [0.1, 0.15) is 37.7 Å². The first kappa shape index (κ1) is 29.7. The Labute approximate surface area is 227 Å². The summed E-state index contributed by atoms with van der Waals surface area (Å²) in [7, 11) is 0. The number of carbonyl (C=O) groups excluding carboxylic acids is 1. The molecular weight excluding hydrogens is 504 g/mol. The van der Waals surface area contributed by atoms with Crippen LogP contribution >= 0.6 is 0 Å². The monoisotopic (exact) mass is 542 g/mol. The van der Waals surface area contributed by atoms with E-state index in [0.717, 1.165) is 56.8 Å². The summed E-state index contributed by atoms with van der Waals surface area (Å²) in [5, 5.41) is 33.8. The van der Waals surface area contributed by atoms with Crippen molar-refractivity contribution in [1.82, 2.24) is 30.1 Å². The van der Waals surface area contributed by atoms with Crippen LogP contribution in [0, 0.1) is 11.3 Å². The first-order chi connectivity index (χ1) is 18.9. The fourth-order valence-corrected chi connectivity index (χ4v) is 5.41. The topological polar surface area (TPSA) is 191 Å². The highest BCUT2D eigenvalue weighted by molar-refractivity contribution is 6.45. The minimum absolute atomic E-state index is 0.0827. The lowest BCUT2D eigenvalue weighted by molar-refractivity contribution is -0.123. The molecule has 0 spiro atoms. The molecule has 0 radical (unpaired) electrons. The lowest BCUT2D eigenvalue weighted by Crippen LogP contribution is -2.58. The van der Waals surface area contributed by atoms with Gasteiger partial charge in [-0.05, 0) is 69.9 Å². The highest BCUT2D eigenvalue weighted by Crippen LogP contribution is 2.28. The molecule has 1 amide bonds. The second-order valence-electron chi connectivity index (χ2n) is 9.87. The molecular formula is C26H38N8O5. The van der Waals surface area contributed by atoms with Crippen molar-refractivity contribution in [2.75, 3.05) is 45.0 Å². The highest BCUT2D eigenvalue weighted by atomic mass is 16.3. The maximum Gasteiger partial charge on any atom is 0.290 e. The van der Waals surface area contributed by atoms with Gasteiger partial charge in [0.25, 0.3) is 18.9 Å². The van der Waals surface area contributed by atoms with Gasteiger partial charge in [-0.25, -0.2) is 0 Å². The molecule has 0 aliphatic carbocycles. The summed E-state index contributed by atoms with van der Waals surface area (Å²) < 4.78 is 1.87. The number of benzene rings is 1. The number of hydrogen-bond donors (Lipinski definition) is 5. The van der Waals surface area contributed by atoms with Gasteiger partial charge in [-0.1, -0.05) is 17.7 Å². The third-order valence-corrected chi connectivity index (χ3v) is 7.45. The number of nitrogens with zero attached hydrogens (tertiary/aromatic N) is 5. The molecule has 6 N–H and O–H groups in total. The third-order valence-electron chi connectivity index (χ3n) is 7.45. The van der Waals surface area contributed by atoms with Gasteiger partial charge in [-0.15, -0.1) is 5.10 Å². The Morgan fingerprint density at radius 3 is 2.33 bits per heavy atom. The second-order valence-corrected chi connectivity index (χ2v) is 9.87. The van der Waals surface area contributed by atoms with Gasteiger partial charge in [-0.2, -0.15) is 0 Å². The van der Waals surface area contributed by atoms with Gasteiger partial charge in [0.1, 0.15) is 11.4 Å². The molecule has 2 aromatic rings. The van der Waals surface area contributed by atoms with Crippen molar-refractivity contribution in [2.24, 2.45) is 5.92 Å². The van der Waals surface area contributed by atoms with Gasteiger partial charge in [0.2, 0.25) is 0 Å². The van der Waals surface area contributed by atoms with E-state index < -0.39 is 0 Å². The van der Waals surface area contributed by atoms with Crippen LogP contribution in [-0.2, 0) is 20.9 Å². The normalized spacial score (nSPS) is 21.9. The number of fused-ring (bicyclic) bond motifs is 3. The molecule has 39 heavy (non-hydrogen) atoms. The quantitative estimate of drug-likeness (QED) is 0.191. The van der Waals surface area contributed by atoms with Crippen LogP contribution < -0.4 is 11.1 Å². The smallest absolute Gasteiger partial charge is 0.290 e. The van der Waals surface area contributed by atoms with Gasteiger partial charge in [-0.3, -0.25) is 24.5 Å². The van der Waals surface area contributed by atoms with Crippen molar-refractivity contribution in [2.45, 2.75) is 44.7 Å². The van der Waals surface area contributed by atoms with Crippen molar-refractivity contribution >= 4 is 30.3 Å². The number of likely N-dealkylation sites (tertiary alicyclic amines) is 1. The van der Waals surface area contributed by atoms with Crippen LogP contribution in [0.15, 0.2) is 24.4 Å². The molecule has 1 aromatic carbocycles. The Balaban J connectivity index is 0.000000643. The Morgan fingerprint density at radius 2 is 1.74 bits per heavy atom. The molecule has 13 heteroatoms. The van der Waals surface area contributed by atoms with Crippen molar-refractivity contribution in [3.8, 4) is 11.3 Å². The van der Waals surface area contributed by atoms with E-state index in [0.29, 0.717) is 17.2 Å². The number of amides is 1. The fraction of sp³-hybridized carbons (Fsp3) is 0.538. The molecule has 1 atom stereocenters. The molecule has 4 aliphatic heterocycles. The lowest BCUT2D eigenvalue weighted by Gasteiger charge is -2.44. The van der Waals surface area contributed by atoms with E-state index in [4.69, 9.17) is 30.9 Å². The van der Waals surface area contributed by atoms with Crippen LogP contribution in [-0.4, -0.2) is 105 Å². The van der Waals surface area contributed by atoms with E-state index in [1.165, 1.54) is 32.4 Å². The zero-order chi connectivity index (χ0) is 28.2. The number of hydrogen-bond acceptors (Lipinski definition) is 9. The van der Waals surface area contributed by atoms with Gasteiger partial charge < -0.3 is 31.1 Å². The zero-order valence-electron chi connectivity index (χ0n) is 22.0. The van der Waals surface area contributed by atoms with Crippen molar-refractivity contribution < 1.29 is 24.6 Å². The van der Waals surface area contributed by atoms with Gasteiger partial charge in [0, 0.05) is 35.9 Å². The molecule has 5 heterocycles. The van der Waals surface area contributed by atoms with Crippen LogP contribution in [0.2, 0.25) is 0 Å². The summed E-state index contributed by atoms with van der Waals surface area (Å²) in [6.45, 7) is 6.74. The number of nitrogen functional groups attached to an aromatic ring is 1. The minimum atomic E-state index is -0.350. The predicted octanol–water partition coefficient (Wildman–Crippen LogP) is 0.993. The van der Waals surface area contributed by atoms with E-state index in [1.54, 1.807) is 12.1 Å². The molecule has 2 bridgehead atoms. The number of rotatable bonds is 7. The molecule has 4 saturated heterocycles. The van der Waals surface area contributed by atoms with E-state index in [1.807, 2.05) is 16.9 Å². The van der Waals surface area contributed by atoms with E-state index in [-0.39, 0.29) is 30.6 Å². The van der Waals surface area contributed by atoms with E-state index in [9.17, 15) is 4.79 Å². The lowest BCUT2D eigenvalue weighted by atomic mass is 9.84. The molecule has 4 fully saturated rings. The summed E-state index contributed by atoms with van der Waals surface area (Å²) in [6, 6.07) is 5.52. The second kappa shape index (κ2) is 14.9. The fourth-order valence-electron chi connectivity index (χ4n) is 5.41. The molecule has 4 aliphatic rings. The SMILES string of the molecule is N=C(C(=O)N[C@H]1CN2CCC1CC2)c1ccc(-c2cn(CCN3CCCCC3)nn2)cc1N.O=CO.O=CO. The van der Waals surface area contributed by atoms with Gasteiger partial charge in [0.05, 0.1) is 12.7 Å². The maximum atomic E-state index is 12.8. The summed E-state index contributed by atoms with van der Waals surface area (Å²) in [5.74, 6) is 0.167. The molecule has 0 unspecified atom stereocenters. The van der Waals surface area contributed by atoms with Crippen molar-refractivity contribution in [3.05, 3.63) is 30.0 Å².